The van der Waals surface area contributed by atoms with Gasteiger partial charge in [-0.15, -0.1) is 0 Å². The topological polar surface area (TPSA) is 68.8 Å². The molecule has 2 aliphatic carbocycles. The van der Waals surface area contributed by atoms with Crippen molar-refractivity contribution in [2.24, 2.45) is 5.92 Å². The van der Waals surface area contributed by atoms with Crippen molar-refractivity contribution >= 4 is 102 Å². The van der Waals surface area contributed by atoms with Gasteiger partial charge in [-0.2, -0.15) is 9.97 Å². The molecule has 58 heavy (non-hydrogen) atoms. The van der Waals surface area contributed by atoms with Crippen LogP contribution in [0.1, 0.15) is 31.4 Å². The molecule has 11 rings (SSSR count). The summed E-state index contributed by atoms with van der Waals surface area (Å²) in [6.45, 7) is 4.73. The second-order valence-corrected chi connectivity index (χ2v) is 16.7. The lowest BCUT2D eigenvalue weighted by Crippen LogP contribution is -2.44. The molecule has 0 spiro atoms. The van der Waals surface area contributed by atoms with Crippen molar-refractivity contribution in [2.75, 3.05) is 0 Å². The second kappa shape index (κ2) is 12.5. The van der Waals surface area contributed by atoms with Crippen LogP contribution in [-0.4, -0.2) is 60.6 Å². The van der Waals surface area contributed by atoms with Gasteiger partial charge in [0.1, 0.15) is 37.1 Å². The molecule has 274 valence electrons. The van der Waals surface area contributed by atoms with Crippen LogP contribution in [-0.2, 0) is 5.41 Å². The largest absolute Gasteiger partial charge is 0.509 e. The molecule has 9 aromatic rings. The molecule has 2 aliphatic rings. The van der Waals surface area contributed by atoms with Crippen LogP contribution in [0, 0.1) is 5.92 Å². The van der Waals surface area contributed by atoms with E-state index in [0.29, 0.717) is 23.5 Å². The maximum Gasteiger partial charge on any atom is 0.238 e. The highest BCUT2D eigenvalue weighted by molar-refractivity contribution is 6.62. The van der Waals surface area contributed by atoms with Crippen molar-refractivity contribution in [3.8, 4) is 40.2 Å². The fraction of sp³-hybridized carbons (Fsp3) is 0.104. The maximum atomic E-state index is 11.5. The monoisotopic (exact) mass is 745 g/mol. The van der Waals surface area contributed by atoms with E-state index in [-0.39, 0.29) is 11.2 Å². The lowest BCUT2D eigenvalue weighted by atomic mass is 9.66. The van der Waals surface area contributed by atoms with E-state index in [0.717, 1.165) is 83.3 Å². The van der Waals surface area contributed by atoms with Crippen LogP contribution in [0.2, 0.25) is 0 Å². The van der Waals surface area contributed by atoms with Crippen molar-refractivity contribution < 1.29 is 5.11 Å². The summed E-state index contributed by atoms with van der Waals surface area (Å²) in [5.74, 6) is 2.32. The second-order valence-electron chi connectivity index (χ2n) is 16.7. The lowest BCUT2D eigenvalue weighted by molar-refractivity contribution is 0.414. The minimum atomic E-state index is -0.0586. The normalized spacial score (nSPS) is 15.7. The van der Waals surface area contributed by atoms with Crippen LogP contribution < -0.4 is 21.9 Å². The fourth-order valence-corrected chi connectivity index (χ4v) is 10.3. The number of nitrogens with zero attached hydrogens (tertiary/aromatic N) is 5. The Morgan fingerprint density at radius 1 is 0.603 bits per heavy atom. The molecule has 0 radical (unpaired) electrons. The van der Waals surface area contributed by atoms with Crippen molar-refractivity contribution in [3.05, 3.63) is 139 Å². The minimum absolute atomic E-state index is 0.0586. The zero-order valence-electron chi connectivity index (χ0n) is 33.6. The number of benzene rings is 6. The van der Waals surface area contributed by atoms with Gasteiger partial charge in [0, 0.05) is 38.4 Å². The van der Waals surface area contributed by atoms with Gasteiger partial charge in [0.2, 0.25) is 5.95 Å². The molecule has 0 fully saturated rings. The van der Waals surface area contributed by atoms with Crippen LogP contribution in [0.5, 0.6) is 5.75 Å². The molecule has 6 nitrogen and oxygen atoms in total. The number of hydrogen-bond acceptors (Lipinski definition) is 4. The van der Waals surface area contributed by atoms with E-state index in [2.05, 4.69) is 166 Å². The molecule has 0 bridgehead atoms. The number of hydrogen-bond donors (Lipinski definition) is 1. The third-order valence-electron chi connectivity index (χ3n) is 13.4. The number of para-hydroxylation sites is 3. The van der Waals surface area contributed by atoms with Crippen LogP contribution in [0.4, 0.5) is 0 Å². The van der Waals surface area contributed by atoms with E-state index in [1.807, 2.05) is 15.7 Å². The maximum absolute atomic E-state index is 11.5. The molecule has 10 heteroatoms. The predicted octanol–water partition coefficient (Wildman–Crippen LogP) is 4.39. The summed E-state index contributed by atoms with van der Waals surface area (Å²) in [6.07, 6.45) is 7.76. The first-order valence-corrected chi connectivity index (χ1v) is 20.2. The van der Waals surface area contributed by atoms with Crippen LogP contribution >= 0.6 is 0 Å². The Hall–Kier alpha value is -6.53. The molecule has 0 saturated carbocycles. The van der Waals surface area contributed by atoms with Gasteiger partial charge in [-0.1, -0.05) is 133 Å². The van der Waals surface area contributed by atoms with Gasteiger partial charge in [-0.25, -0.2) is 4.98 Å². The quantitative estimate of drug-likeness (QED) is 0.272. The fourth-order valence-electron chi connectivity index (χ4n) is 10.3. The van der Waals surface area contributed by atoms with Gasteiger partial charge in [-0.05, 0) is 64.2 Å². The summed E-state index contributed by atoms with van der Waals surface area (Å²) in [6, 6.07) is 39.0. The average molecular weight is 745 g/mol. The highest BCUT2D eigenvalue weighted by Crippen LogP contribution is 2.55. The molecule has 3 heterocycles. The van der Waals surface area contributed by atoms with E-state index in [9.17, 15) is 5.11 Å². The van der Waals surface area contributed by atoms with Crippen LogP contribution in [0.3, 0.4) is 0 Å². The zero-order valence-corrected chi connectivity index (χ0v) is 33.6. The molecule has 0 saturated heterocycles. The number of phenolic OH excluding ortho intramolecular Hbond substituents is 1. The number of aromatic hydroxyl groups is 1. The Morgan fingerprint density at radius 2 is 1.24 bits per heavy atom. The molecular formula is C48H39B4N5O. The van der Waals surface area contributed by atoms with E-state index in [1.54, 1.807) is 0 Å². The Bertz CT molecular complexity index is 3280. The van der Waals surface area contributed by atoms with Gasteiger partial charge >= 0.3 is 0 Å². The Kier molecular flexibility index (Phi) is 7.47. The molecule has 1 N–H and O–H groups in total. The zero-order chi connectivity index (χ0) is 39.6. The Balaban J connectivity index is 1.31. The molecule has 3 aromatic heterocycles. The highest BCUT2D eigenvalue weighted by atomic mass is 16.3. The van der Waals surface area contributed by atoms with Gasteiger partial charge in [0.15, 0.2) is 11.6 Å². The van der Waals surface area contributed by atoms with E-state index >= 15 is 0 Å². The van der Waals surface area contributed by atoms with Crippen molar-refractivity contribution in [1.82, 2.24) is 24.1 Å². The Morgan fingerprint density at radius 3 is 1.97 bits per heavy atom. The average Bonchev–Trinajstić information content (AvgIpc) is 3.86. The van der Waals surface area contributed by atoms with Gasteiger partial charge in [-0.3, -0.25) is 4.57 Å². The molecular weight excluding hydrogens is 706 g/mol. The van der Waals surface area contributed by atoms with Gasteiger partial charge < -0.3 is 9.67 Å². The van der Waals surface area contributed by atoms with Crippen molar-refractivity contribution in [2.45, 2.75) is 25.7 Å². The Labute approximate surface area is 340 Å². The third-order valence-corrected chi connectivity index (χ3v) is 13.4. The minimum Gasteiger partial charge on any atom is -0.509 e. The summed E-state index contributed by atoms with van der Waals surface area (Å²) in [4.78, 5) is 16.4. The first kappa shape index (κ1) is 34.7. The summed E-state index contributed by atoms with van der Waals surface area (Å²) in [7, 11) is 8.13. The van der Waals surface area contributed by atoms with E-state index in [4.69, 9.17) is 15.0 Å². The van der Waals surface area contributed by atoms with Gasteiger partial charge in [0.05, 0.1) is 22.1 Å². The van der Waals surface area contributed by atoms with E-state index < -0.39 is 0 Å². The summed E-state index contributed by atoms with van der Waals surface area (Å²) in [5.41, 5.74) is 14.7. The first-order chi connectivity index (χ1) is 28.1. The standard InChI is InChI=1S/C48H39B4N5O/c1-48(2)32-19-9-6-17-30(32)36-31(18-12-20-33(36)48)45-53-46(37-38(49)40(51)41(52)44(58)39(37)50)55-47(54-45)57-35-22-11-8-16-27(35)29-24-23-28-26-15-7-10-21-34(26)56(42(28)43(29)57)25-13-4-3-5-14-25/h3-18,20-24,32,58H,19,49-52H2,1-2H3. The van der Waals surface area contributed by atoms with Crippen LogP contribution in [0.25, 0.3) is 83.6 Å². The lowest BCUT2D eigenvalue weighted by Gasteiger charge is -2.29. The molecule has 6 aromatic carbocycles. The number of fused-ring (bicyclic) bond motifs is 10. The number of rotatable bonds is 4. The molecule has 1 unspecified atom stereocenters. The first-order valence-electron chi connectivity index (χ1n) is 20.2. The number of aromatic nitrogens is 5. The van der Waals surface area contributed by atoms with Crippen molar-refractivity contribution in [1.29, 1.82) is 0 Å². The van der Waals surface area contributed by atoms with Gasteiger partial charge in [0.25, 0.3) is 0 Å². The summed E-state index contributed by atoms with van der Waals surface area (Å²) in [5, 5.41) is 16.1. The van der Waals surface area contributed by atoms with Crippen molar-refractivity contribution in [3.63, 3.8) is 0 Å². The highest BCUT2D eigenvalue weighted by Gasteiger charge is 2.44. The summed E-state index contributed by atoms with van der Waals surface area (Å²) >= 11 is 0. The third kappa shape index (κ3) is 4.69. The molecule has 0 amide bonds. The number of phenols is 1. The van der Waals surface area contributed by atoms with E-state index in [1.165, 1.54) is 22.1 Å². The predicted molar refractivity (Wildman–Crippen MR) is 252 cm³/mol. The van der Waals surface area contributed by atoms with Crippen LogP contribution in [0.15, 0.2) is 127 Å². The SMILES string of the molecule is Bc1c(B)c(O)c(B)c(-c2nc(-c3cccc4c3C3=CC=CCC3C4(C)C)nc(-n3c4ccccc4c4ccc5c6ccccc6n(-c6ccccc6)c5c43)n2)c1B. The molecule has 0 aliphatic heterocycles. The summed E-state index contributed by atoms with van der Waals surface area (Å²) < 4.78 is 4.64. The number of allylic oxidation sites excluding steroid dienone is 4. The molecule has 1 atom stereocenters. The smallest absolute Gasteiger partial charge is 0.238 e.